The molecule has 17 heavy (non-hydrogen) atoms. The summed E-state index contributed by atoms with van der Waals surface area (Å²) < 4.78 is 5.63. The van der Waals surface area contributed by atoms with Crippen LogP contribution in [0.25, 0.3) is 0 Å². The van der Waals surface area contributed by atoms with Crippen LogP contribution in [0.3, 0.4) is 0 Å². The molecule has 1 fully saturated rings. The van der Waals surface area contributed by atoms with E-state index in [1.807, 2.05) is 0 Å². The van der Waals surface area contributed by atoms with Gasteiger partial charge in [0.25, 0.3) is 5.91 Å². The van der Waals surface area contributed by atoms with Gasteiger partial charge in [0.05, 0.1) is 19.0 Å². The topological polar surface area (TPSA) is 86.9 Å². The molecule has 3 heterocycles. The van der Waals surface area contributed by atoms with Crippen molar-refractivity contribution in [3.8, 4) is 0 Å². The van der Waals surface area contributed by atoms with Gasteiger partial charge in [0.15, 0.2) is 6.04 Å². The molecule has 0 bridgehead atoms. The van der Waals surface area contributed by atoms with Crippen LogP contribution < -0.4 is 0 Å². The lowest BCUT2D eigenvalue weighted by Crippen LogP contribution is -2.43. The number of amidine groups is 1. The minimum atomic E-state index is -0.614. The Labute approximate surface area is 97.5 Å². The van der Waals surface area contributed by atoms with Crippen LogP contribution >= 0.6 is 0 Å². The van der Waals surface area contributed by atoms with Crippen molar-refractivity contribution in [1.29, 1.82) is 0 Å². The fourth-order valence-corrected chi connectivity index (χ4v) is 2.18. The van der Waals surface area contributed by atoms with E-state index in [1.165, 1.54) is 6.34 Å². The molecule has 7 heteroatoms. The number of hydrogen-bond donors (Lipinski definition) is 1. The summed E-state index contributed by atoms with van der Waals surface area (Å²) in [6.07, 6.45) is 4.06. The van der Waals surface area contributed by atoms with Crippen molar-refractivity contribution in [2.45, 2.75) is 31.2 Å². The van der Waals surface area contributed by atoms with Gasteiger partial charge in [-0.2, -0.15) is 4.99 Å². The first-order valence-electron chi connectivity index (χ1n) is 5.51. The Hall–Kier alpha value is -1.60. The number of fused-ring (bicyclic) bond motifs is 1. The second-order valence-electron chi connectivity index (χ2n) is 4.12. The minimum absolute atomic E-state index is 0.0117. The van der Waals surface area contributed by atoms with Gasteiger partial charge in [-0.3, -0.25) is 14.7 Å². The summed E-state index contributed by atoms with van der Waals surface area (Å²) in [6.45, 7) is 0.0117. The van der Waals surface area contributed by atoms with Crippen molar-refractivity contribution in [1.82, 2.24) is 4.90 Å². The average molecular weight is 240 g/mol. The molecular weight excluding hydrogens is 228 g/mol. The zero-order chi connectivity index (χ0) is 11.8. The van der Waals surface area contributed by atoms with E-state index < -0.39 is 6.04 Å². The highest BCUT2D eigenvalue weighted by Gasteiger charge is 2.39. The zero-order valence-corrected chi connectivity index (χ0v) is 9.06. The van der Waals surface area contributed by atoms with Crippen molar-refractivity contribution < 1.29 is 14.6 Å². The SMILES string of the molecule is O=C1[15N]=C[15N]=C2C1[15N]=C[15N]2[C@H]1CC[C@@H](CO)O1. The van der Waals surface area contributed by atoms with Gasteiger partial charge >= 0.3 is 0 Å². The maximum atomic E-state index is 11.5. The van der Waals surface area contributed by atoms with Gasteiger partial charge in [0.1, 0.15) is 18.4 Å². The number of carbonyl (C=O) groups is 1. The Bertz CT molecular complexity index is 431. The summed E-state index contributed by atoms with van der Waals surface area (Å²) in [4.78, 5) is 25.0. The number of aliphatic imine (C=N–C) groups is 3. The van der Waals surface area contributed by atoms with Crippen LogP contribution in [0.2, 0.25) is 0 Å². The third kappa shape index (κ3) is 1.67. The van der Waals surface area contributed by atoms with Crippen LogP contribution in [-0.2, 0) is 9.53 Å². The second-order valence-corrected chi connectivity index (χ2v) is 4.12. The van der Waals surface area contributed by atoms with Crippen LogP contribution in [-0.4, -0.2) is 59.4 Å². The van der Waals surface area contributed by atoms with Gasteiger partial charge in [0, 0.05) is 0 Å². The normalized spacial score (nSPS) is 35.4. The quantitative estimate of drug-likeness (QED) is 0.638. The predicted octanol–water partition coefficient (Wildman–Crippen LogP) is -0.837. The van der Waals surface area contributed by atoms with E-state index in [-0.39, 0.29) is 24.8 Å². The molecule has 1 unspecified atom stereocenters. The summed E-state index contributed by atoms with van der Waals surface area (Å²) in [5.74, 6) is 0.263. The second kappa shape index (κ2) is 4.01. The summed E-state index contributed by atoms with van der Waals surface area (Å²) in [5, 5.41) is 9.02. The summed E-state index contributed by atoms with van der Waals surface area (Å²) >= 11 is 0. The smallest absolute Gasteiger partial charge is 0.279 e. The molecule has 90 valence electrons. The van der Waals surface area contributed by atoms with Crippen LogP contribution in [0.15, 0.2) is 15.0 Å². The molecule has 7 nitrogen and oxygen atoms in total. The largest absolute Gasteiger partial charge is 0.394 e. The van der Waals surface area contributed by atoms with Crippen molar-refractivity contribution in [3.63, 3.8) is 0 Å². The third-order valence-electron chi connectivity index (χ3n) is 3.06. The van der Waals surface area contributed by atoms with E-state index in [2.05, 4.69) is 15.0 Å². The first kappa shape index (κ1) is 10.5. The number of rotatable bonds is 2. The highest BCUT2D eigenvalue weighted by atomic mass is 16.6. The van der Waals surface area contributed by atoms with Gasteiger partial charge in [0.2, 0.25) is 0 Å². The molecular formula is C10H12N4O3. The Balaban J connectivity index is 1.78. The Morgan fingerprint density at radius 2 is 2.41 bits per heavy atom. The van der Waals surface area contributed by atoms with Gasteiger partial charge in [-0.25, -0.2) is 4.99 Å². The van der Waals surface area contributed by atoms with Gasteiger partial charge in [-0.15, -0.1) is 0 Å². The van der Waals surface area contributed by atoms with Gasteiger partial charge in [-0.05, 0) is 12.8 Å². The molecule has 0 aliphatic carbocycles. The fourth-order valence-electron chi connectivity index (χ4n) is 2.18. The molecule has 3 atom stereocenters. The highest BCUT2D eigenvalue weighted by molar-refractivity contribution is 6.19. The van der Waals surface area contributed by atoms with Crippen molar-refractivity contribution >= 4 is 24.4 Å². The fraction of sp³-hybridized carbons (Fsp3) is 0.600. The molecule has 3 rings (SSSR count). The Morgan fingerprint density at radius 1 is 1.53 bits per heavy atom. The lowest BCUT2D eigenvalue weighted by molar-refractivity contribution is -0.117. The number of aliphatic hydroxyl groups excluding tert-OH is 1. The molecule has 0 aromatic carbocycles. The standard InChI is InChI=1S/C10H12N4O3/c15-3-6-1-2-7(17-6)14-5-13-8-9(14)11-4-12-10(8)16/h4-8,15H,1-3H2/t6-,7+,8?/m0/s1/i11+1,12+1,13+1,14+1. The summed E-state index contributed by atoms with van der Waals surface area (Å²) in [5.41, 5.74) is 0. The van der Waals surface area contributed by atoms with Crippen molar-refractivity contribution in [2.75, 3.05) is 6.61 Å². The van der Waals surface area contributed by atoms with Gasteiger partial charge in [-0.1, -0.05) is 0 Å². The maximum Gasteiger partial charge on any atom is 0.279 e. The minimum Gasteiger partial charge on any atom is -0.394 e. The van der Waals surface area contributed by atoms with Crippen molar-refractivity contribution in [2.24, 2.45) is 15.0 Å². The molecule has 3 aliphatic rings. The maximum absolute atomic E-state index is 11.5. The molecule has 0 aromatic rings. The number of amides is 1. The molecule has 1 saturated heterocycles. The average Bonchev–Trinajstić information content (AvgIpc) is 2.94. The predicted molar refractivity (Wildman–Crippen MR) is 60.0 cm³/mol. The summed E-state index contributed by atoms with van der Waals surface area (Å²) in [7, 11) is 0. The van der Waals surface area contributed by atoms with E-state index >= 15 is 0 Å². The molecule has 1 N–H and O–H groups in total. The van der Waals surface area contributed by atoms with E-state index in [9.17, 15) is 4.79 Å². The molecule has 0 saturated carbocycles. The number of hydrogen-bond acceptors (Lipinski definition) is 6. The van der Waals surface area contributed by atoms with Crippen molar-refractivity contribution in [3.05, 3.63) is 0 Å². The highest BCUT2D eigenvalue weighted by Crippen LogP contribution is 2.25. The van der Waals surface area contributed by atoms with E-state index in [4.69, 9.17) is 9.84 Å². The lowest BCUT2D eigenvalue weighted by Gasteiger charge is -2.24. The number of ether oxygens (including phenoxy) is 1. The third-order valence-corrected chi connectivity index (χ3v) is 3.06. The number of carbonyl (C=O) groups excluding carboxylic acids is 1. The van der Waals surface area contributed by atoms with E-state index in [0.717, 1.165) is 12.8 Å². The number of nitrogens with zero attached hydrogens (tertiary/aromatic N) is 4. The Kier molecular flexibility index (Phi) is 2.49. The molecule has 1 amide bonds. The zero-order valence-electron chi connectivity index (χ0n) is 9.06. The van der Waals surface area contributed by atoms with Crippen LogP contribution in [0.4, 0.5) is 0 Å². The first-order chi connectivity index (χ1) is 8.29. The van der Waals surface area contributed by atoms with Crippen LogP contribution in [0.5, 0.6) is 0 Å². The first-order valence-corrected chi connectivity index (χ1v) is 5.51. The molecule has 0 aromatic heterocycles. The van der Waals surface area contributed by atoms with Crippen LogP contribution in [0.1, 0.15) is 12.8 Å². The summed E-state index contributed by atoms with van der Waals surface area (Å²) in [6, 6.07) is -0.614. The molecule has 0 spiro atoms. The van der Waals surface area contributed by atoms with Crippen LogP contribution in [0, 0.1) is 0 Å². The Morgan fingerprint density at radius 3 is 3.18 bits per heavy atom. The molecule has 0 radical (unpaired) electrons. The van der Waals surface area contributed by atoms with E-state index in [0.29, 0.717) is 5.84 Å². The number of aliphatic hydroxyl groups is 1. The monoisotopic (exact) mass is 240 g/mol. The van der Waals surface area contributed by atoms with Gasteiger partial charge < -0.3 is 9.84 Å². The lowest BCUT2D eigenvalue weighted by atomic mass is 10.2. The van der Waals surface area contributed by atoms with E-state index in [1.54, 1.807) is 11.2 Å². The molecule has 3 aliphatic heterocycles.